The highest BCUT2D eigenvalue weighted by Crippen LogP contribution is 2.27. The molecule has 0 bridgehead atoms. The normalized spacial score (nSPS) is 21.7. The fraction of sp³-hybridized carbons (Fsp3) is 0.562. The molecular formula is C16H21F3N2O2. The summed E-state index contributed by atoms with van der Waals surface area (Å²) in [5.74, 6) is -0.353. The van der Waals surface area contributed by atoms with E-state index in [1.165, 1.54) is 18.2 Å². The van der Waals surface area contributed by atoms with Gasteiger partial charge in [-0.25, -0.2) is 0 Å². The van der Waals surface area contributed by atoms with Gasteiger partial charge < -0.3 is 15.8 Å². The second kappa shape index (κ2) is 7.68. The Labute approximate surface area is 133 Å². The number of ether oxygens (including phenoxy) is 1. The van der Waals surface area contributed by atoms with Crippen LogP contribution in [0.15, 0.2) is 24.3 Å². The molecule has 0 heterocycles. The average molecular weight is 330 g/mol. The number of nitrogens with one attached hydrogen (secondary N) is 1. The largest absolute Gasteiger partial charge is 0.573 e. The second-order valence-corrected chi connectivity index (χ2v) is 5.84. The number of benzene rings is 1. The van der Waals surface area contributed by atoms with E-state index in [1.54, 1.807) is 6.07 Å². The minimum Gasteiger partial charge on any atom is -0.405 e. The average Bonchev–Trinajstić information content (AvgIpc) is 2.47. The Bertz CT molecular complexity index is 534. The zero-order valence-corrected chi connectivity index (χ0v) is 12.7. The van der Waals surface area contributed by atoms with Gasteiger partial charge in [-0.3, -0.25) is 4.79 Å². The van der Waals surface area contributed by atoms with Crippen molar-refractivity contribution in [3.05, 3.63) is 29.8 Å². The zero-order valence-electron chi connectivity index (χ0n) is 12.7. The topological polar surface area (TPSA) is 64.4 Å². The van der Waals surface area contributed by atoms with Crippen molar-refractivity contribution in [1.29, 1.82) is 0 Å². The van der Waals surface area contributed by atoms with Gasteiger partial charge in [0, 0.05) is 24.6 Å². The summed E-state index contributed by atoms with van der Waals surface area (Å²) in [6, 6.07) is 5.80. The standard InChI is InChI=1S/C16H21F3N2O2/c17-16(18,19)23-14-8-4-2-6-12(14)10-21-15(22)9-11-5-1-3-7-13(11)20/h2,4,6,8,11,13H,1,3,5,7,9-10,20H2,(H,21,22). The molecule has 1 aromatic carbocycles. The van der Waals surface area contributed by atoms with Crippen LogP contribution >= 0.6 is 0 Å². The van der Waals surface area contributed by atoms with E-state index in [0.717, 1.165) is 25.7 Å². The maximum Gasteiger partial charge on any atom is 0.573 e. The van der Waals surface area contributed by atoms with E-state index < -0.39 is 6.36 Å². The highest BCUT2D eigenvalue weighted by atomic mass is 19.4. The van der Waals surface area contributed by atoms with Gasteiger partial charge in [0.15, 0.2) is 0 Å². The van der Waals surface area contributed by atoms with Crippen LogP contribution in [0.5, 0.6) is 5.75 Å². The van der Waals surface area contributed by atoms with Crippen LogP contribution in [0.25, 0.3) is 0 Å². The van der Waals surface area contributed by atoms with Crippen LogP contribution in [0.1, 0.15) is 37.7 Å². The van der Waals surface area contributed by atoms with E-state index in [1.807, 2.05) is 0 Å². The predicted octanol–water partition coefficient (Wildman–Crippen LogP) is 3.11. The minimum absolute atomic E-state index is 0.00690. The summed E-state index contributed by atoms with van der Waals surface area (Å²) < 4.78 is 41.0. The summed E-state index contributed by atoms with van der Waals surface area (Å²) in [6.45, 7) is -0.00690. The molecule has 0 saturated heterocycles. The summed E-state index contributed by atoms with van der Waals surface area (Å²) in [5, 5.41) is 2.65. The number of hydrogen-bond acceptors (Lipinski definition) is 3. The molecule has 0 aliphatic heterocycles. The number of carbonyl (C=O) groups excluding carboxylic acids is 1. The Morgan fingerprint density at radius 3 is 2.65 bits per heavy atom. The number of halogens is 3. The fourth-order valence-electron chi connectivity index (χ4n) is 2.87. The van der Waals surface area contributed by atoms with Crippen molar-refractivity contribution < 1.29 is 22.7 Å². The number of amides is 1. The zero-order chi connectivity index (χ0) is 16.9. The second-order valence-electron chi connectivity index (χ2n) is 5.84. The minimum atomic E-state index is -4.75. The Balaban J connectivity index is 1.89. The molecule has 0 aromatic heterocycles. The van der Waals surface area contributed by atoms with Gasteiger partial charge in [0.05, 0.1) is 0 Å². The number of hydrogen-bond donors (Lipinski definition) is 2. The Hall–Kier alpha value is -1.76. The molecule has 1 saturated carbocycles. The van der Waals surface area contributed by atoms with Gasteiger partial charge in [-0.2, -0.15) is 0 Å². The summed E-state index contributed by atoms with van der Waals surface area (Å²) in [6.07, 6.45) is -0.462. The van der Waals surface area contributed by atoms with Gasteiger partial charge in [0.2, 0.25) is 5.91 Å². The van der Waals surface area contributed by atoms with Gasteiger partial charge >= 0.3 is 6.36 Å². The van der Waals surface area contributed by atoms with Crippen LogP contribution in [-0.2, 0) is 11.3 Å². The highest BCUT2D eigenvalue weighted by Gasteiger charge is 2.32. The quantitative estimate of drug-likeness (QED) is 0.872. The van der Waals surface area contributed by atoms with Crippen molar-refractivity contribution in [2.75, 3.05) is 0 Å². The number of nitrogens with two attached hydrogens (primary N) is 1. The summed E-state index contributed by atoms with van der Waals surface area (Å²) >= 11 is 0. The molecule has 23 heavy (non-hydrogen) atoms. The van der Waals surface area contributed by atoms with Crippen LogP contribution in [-0.4, -0.2) is 18.3 Å². The van der Waals surface area contributed by atoms with Gasteiger partial charge in [-0.05, 0) is 24.8 Å². The van der Waals surface area contributed by atoms with Crippen LogP contribution in [0.4, 0.5) is 13.2 Å². The lowest BCUT2D eigenvalue weighted by atomic mass is 9.83. The molecule has 4 nitrogen and oxygen atoms in total. The molecule has 2 atom stereocenters. The molecule has 1 amide bonds. The monoisotopic (exact) mass is 330 g/mol. The molecule has 2 unspecified atom stereocenters. The van der Waals surface area contributed by atoms with Crippen LogP contribution in [0.2, 0.25) is 0 Å². The predicted molar refractivity (Wildman–Crippen MR) is 79.5 cm³/mol. The number of rotatable bonds is 5. The molecule has 128 valence electrons. The Kier molecular flexibility index (Phi) is 5.87. The van der Waals surface area contributed by atoms with Gasteiger partial charge in [0.1, 0.15) is 5.75 Å². The maximum atomic E-state index is 12.3. The molecular weight excluding hydrogens is 309 g/mol. The first kappa shape index (κ1) is 17.6. The summed E-state index contributed by atoms with van der Waals surface area (Å²) in [7, 11) is 0. The molecule has 0 spiro atoms. The Morgan fingerprint density at radius 2 is 1.96 bits per heavy atom. The van der Waals surface area contributed by atoms with Crippen LogP contribution in [0.3, 0.4) is 0 Å². The van der Waals surface area contributed by atoms with Crippen molar-refractivity contribution in [2.45, 2.75) is 51.1 Å². The lowest BCUT2D eigenvalue weighted by molar-refractivity contribution is -0.274. The first-order valence-corrected chi connectivity index (χ1v) is 7.71. The first-order valence-electron chi connectivity index (χ1n) is 7.71. The van der Waals surface area contributed by atoms with Gasteiger partial charge in [0.25, 0.3) is 0 Å². The van der Waals surface area contributed by atoms with E-state index in [2.05, 4.69) is 10.1 Å². The van der Waals surface area contributed by atoms with Crippen LogP contribution in [0, 0.1) is 5.92 Å². The third kappa shape index (κ3) is 5.74. The SMILES string of the molecule is NC1CCCCC1CC(=O)NCc1ccccc1OC(F)(F)F. The molecule has 0 radical (unpaired) electrons. The highest BCUT2D eigenvalue weighted by molar-refractivity contribution is 5.76. The Morgan fingerprint density at radius 1 is 1.26 bits per heavy atom. The van der Waals surface area contributed by atoms with Crippen molar-refractivity contribution >= 4 is 5.91 Å². The molecule has 1 aliphatic carbocycles. The van der Waals surface area contributed by atoms with Crippen molar-refractivity contribution in [2.24, 2.45) is 11.7 Å². The third-order valence-corrected chi connectivity index (χ3v) is 4.09. The molecule has 7 heteroatoms. The molecule has 2 rings (SSSR count). The van der Waals surface area contributed by atoms with Gasteiger partial charge in [-0.1, -0.05) is 31.0 Å². The van der Waals surface area contributed by atoms with Gasteiger partial charge in [-0.15, -0.1) is 13.2 Å². The maximum absolute atomic E-state index is 12.3. The lowest BCUT2D eigenvalue weighted by Crippen LogP contribution is -2.37. The molecule has 1 fully saturated rings. The molecule has 1 aliphatic rings. The van der Waals surface area contributed by atoms with Crippen molar-refractivity contribution in [3.8, 4) is 5.75 Å². The molecule has 1 aromatic rings. The van der Waals surface area contributed by atoms with E-state index in [-0.39, 0.29) is 35.7 Å². The fourth-order valence-corrected chi connectivity index (χ4v) is 2.87. The van der Waals surface area contributed by atoms with Crippen molar-refractivity contribution in [1.82, 2.24) is 5.32 Å². The lowest BCUT2D eigenvalue weighted by Gasteiger charge is -2.28. The van der Waals surface area contributed by atoms with Crippen LogP contribution < -0.4 is 15.8 Å². The first-order chi connectivity index (χ1) is 10.8. The van der Waals surface area contributed by atoms with E-state index >= 15 is 0 Å². The number of alkyl halides is 3. The van der Waals surface area contributed by atoms with E-state index in [9.17, 15) is 18.0 Å². The molecule has 3 N–H and O–H groups in total. The third-order valence-electron chi connectivity index (χ3n) is 4.09. The van der Waals surface area contributed by atoms with E-state index in [4.69, 9.17) is 5.73 Å². The number of para-hydroxylation sites is 1. The summed E-state index contributed by atoms with van der Waals surface area (Å²) in [5.41, 5.74) is 6.29. The summed E-state index contributed by atoms with van der Waals surface area (Å²) in [4.78, 5) is 12.0. The van der Waals surface area contributed by atoms with Crippen molar-refractivity contribution in [3.63, 3.8) is 0 Å². The number of carbonyl (C=O) groups is 1. The van der Waals surface area contributed by atoms with E-state index in [0.29, 0.717) is 6.42 Å². The smallest absolute Gasteiger partial charge is 0.405 e.